The Labute approximate surface area is 141 Å². The summed E-state index contributed by atoms with van der Waals surface area (Å²) in [4.78, 5) is 10.3. The van der Waals surface area contributed by atoms with E-state index in [1.165, 1.54) is 25.7 Å². The number of carboxylic acid groups (broad SMARTS) is 1. The van der Waals surface area contributed by atoms with E-state index in [9.17, 15) is 9.90 Å². The van der Waals surface area contributed by atoms with Gasteiger partial charge >= 0.3 is 5.97 Å². The molecular weight excluding hydrogens is 288 g/mol. The molecule has 23 heavy (non-hydrogen) atoms. The zero-order chi connectivity index (χ0) is 17.2. The first-order chi connectivity index (χ1) is 11.2. The maximum Gasteiger partial charge on any atom is 0.303 e. The average Bonchev–Trinajstić information content (AvgIpc) is 2.51. The molecule has 0 bridgehead atoms. The maximum atomic E-state index is 10.3. The Bertz CT molecular complexity index is 392. The summed E-state index contributed by atoms with van der Waals surface area (Å²) < 4.78 is 0. The number of aliphatic hydroxyl groups excluding tert-OH is 1. The third kappa shape index (κ3) is 18.3. The highest BCUT2D eigenvalue weighted by Crippen LogP contribution is 2.03. The van der Waals surface area contributed by atoms with Crippen molar-refractivity contribution in [2.75, 3.05) is 0 Å². The Balaban J connectivity index is 3.59. The standard InChI is InChI=1S/C20H32O3/c1-2-3-4-5-6-7-8-9-10-11-12-13-14-16-19(21)17-15-18-20(22)23/h6-7,9-10,12-14,16,19,21H,2-5,8,11,15,17-18H2,1H3,(H,22,23)/b7-6+,10-9-,13-12+,16-14+/t19-/m1/s1. The lowest BCUT2D eigenvalue weighted by Gasteiger charge is -2.02. The molecule has 3 nitrogen and oxygen atoms in total. The predicted molar refractivity (Wildman–Crippen MR) is 97.4 cm³/mol. The Morgan fingerprint density at radius 2 is 1.65 bits per heavy atom. The fraction of sp³-hybridized carbons (Fsp3) is 0.550. The fourth-order valence-electron chi connectivity index (χ4n) is 1.98. The van der Waals surface area contributed by atoms with Crippen molar-refractivity contribution in [3.63, 3.8) is 0 Å². The molecule has 0 amide bonds. The molecule has 1 atom stereocenters. The predicted octanol–water partition coefficient (Wildman–Crippen LogP) is 5.19. The summed E-state index contributed by atoms with van der Waals surface area (Å²) in [6.07, 6.45) is 23.6. The van der Waals surface area contributed by atoms with Gasteiger partial charge in [-0.15, -0.1) is 0 Å². The van der Waals surface area contributed by atoms with E-state index in [0.29, 0.717) is 12.8 Å². The molecule has 0 saturated heterocycles. The van der Waals surface area contributed by atoms with Crippen LogP contribution in [0.4, 0.5) is 0 Å². The molecule has 0 aliphatic carbocycles. The van der Waals surface area contributed by atoms with Crippen LogP contribution in [0.2, 0.25) is 0 Å². The summed E-state index contributed by atoms with van der Waals surface area (Å²) in [6.45, 7) is 2.22. The maximum absolute atomic E-state index is 10.3. The highest BCUT2D eigenvalue weighted by molar-refractivity contribution is 5.66. The lowest BCUT2D eigenvalue weighted by Crippen LogP contribution is -2.03. The van der Waals surface area contributed by atoms with Crippen molar-refractivity contribution >= 4 is 5.97 Å². The lowest BCUT2D eigenvalue weighted by atomic mass is 10.1. The molecule has 0 rings (SSSR count). The molecule has 0 aromatic rings. The molecule has 3 heteroatoms. The Kier molecular flexibility index (Phi) is 15.6. The number of aliphatic carboxylic acids is 1. The van der Waals surface area contributed by atoms with Crippen molar-refractivity contribution in [2.45, 2.75) is 70.8 Å². The summed E-state index contributed by atoms with van der Waals surface area (Å²) in [6, 6.07) is 0. The van der Waals surface area contributed by atoms with Crippen LogP contribution in [-0.4, -0.2) is 22.3 Å². The van der Waals surface area contributed by atoms with Crippen LogP contribution in [0.5, 0.6) is 0 Å². The van der Waals surface area contributed by atoms with Crippen molar-refractivity contribution in [1.82, 2.24) is 0 Å². The van der Waals surface area contributed by atoms with Gasteiger partial charge in [0.2, 0.25) is 0 Å². The molecule has 2 N–H and O–H groups in total. The van der Waals surface area contributed by atoms with Crippen LogP contribution in [0.1, 0.15) is 64.7 Å². The number of aliphatic hydroxyl groups is 1. The van der Waals surface area contributed by atoms with E-state index >= 15 is 0 Å². The molecule has 0 saturated carbocycles. The molecule has 0 heterocycles. The third-order valence-electron chi connectivity index (χ3n) is 3.32. The monoisotopic (exact) mass is 320 g/mol. The molecule has 0 unspecified atom stereocenters. The molecule has 0 aromatic carbocycles. The van der Waals surface area contributed by atoms with Gasteiger partial charge in [-0.2, -0.15) is 0 Å². The van der Waals surface area contributed by atoms with E-state index < -0.39 is 12.1 Å². The van der Waals surface area contributed by atoms with E-state index in [1.807, 2.05) is 18.2 Å². The normalized spacial score (nSPS) is 13.8. The minimum Gasteiger partial charge on any atom is -0.481 e. The summed E-state index contributed by atoms with van der Waals surface area (Å²) in [5.41, 5.74) is 0. The van der Waals surface area contributed by atoms with E-state index in [1.54, 1.807) is 6.08 Å². The minimum atomic E-state index is -0.816. The van der Waals surface area contributed by atoms with Crippen LogP contribution in [0.3, 0.4) is 0 Å². The Hall–Kier alpha value is -1.61. The quantitative estimate of drug-likeness (QED) is 0.263. The van der Waals surface area contributed by atoms with Crippen LogP contribution in [-0.2, 0) is 4.79 Å². The Morgan fingerprint density at radius 3 is 2.35 bits per heavy atom. The first kappa shape index (κ1) is 21.4. The summed E-state index contributed by atoms with van der Waals surface area (Å²) >= 11 is 0. The van der Waals surface area contributed by atoms with Gasteiger partial charge in [-0.05, 0) is 38.5 Å². The van der Waals surface area contributed by atoms with Gasteiger partial charge < -0.3 is 10.2 Å². The van der Waals surface area contributed by atoms with Gasteiger partial charge in [0, 0.05) is 6.42 Å². The number of allylic oxidation sites excluding steroid dienone is 7. The van der Waals surface area contributed by atoms with Crippen LogP contribution in [0, 0.1) is 0 Å². The fourth-order valence-corrected chi connectivity index (χ4v) is 1.98. The van der Waals surface area contributed by atoms with Crippen LogP contribution in [0.15, 0.2) is 48.6 Å². The van der Waals surface area contributed by atoms with Gasteiger partial charge in [-0.25, -0.2) is 0 Å². The number of carboxylic acids is 1. The SMILES string of the molecule is CCCCC/C=C/C/C=C\C/C=C/C=C/[C@@H](O)CCCC(=O)O. The molecule has 0 radical (unpaired) electrons. The van der Waals surface area contributed by atoms with E-state index in [-0.39, 0.29) is 6.42 Å². The van der Waals surface area contributed by atoms with Gasteiger partial charge in [-0.3, -0.25) is 4.79 Å². The molecular formula is C20H32O3. The molecule has 0 aliphatic rings. The van der Waals surface area contributed by atoms with Gasteiger partial charge in [0.05, 0.1) is 6.10 Å². The number of carbonyl (C=O) groups is 1. The zero-order valence-electron chi connectivity index (χ0n) is 14.4. The average molecular weight is 320 g/mol. The minimum absolute atomic E-state index is 0.110. The second kappa shape index (κ2) is 16.8. The van der Waals surface area contributed by atoms with E-state index in [4.69, 9.17) is 5.11 Å². The van der Waals surface area contributed by atoms with Gasteiger partial charge in [0.15, 0.2) is 0 Å². The summed E-state index contributed by atoms with van der Waals surface area (Å²) in [5, 5.41) is 18.1. The second-order valence-electron chi connectivity index (χ2n) is 5.58. The molecule has 0 fully saturated rings. The highest BCUT2D eigenvalue weighted by atomic mass is 16.4. The highest BCUT2D eigenvalue weighted by Gasteiger charge is 2.01. The second-order valence-corrected chi connectivity index (χ2v) is 5.58. The number of hydrogen-bond acceptors (Lipinski definition) is 2. The van der Waals surface area contributed by atoms with Crippen LogP contribution < -0.4 is 0 Å². The van der Waals surface area contributed by atoms with Crippen molar-refractivity contribution in [3.05, 3.63) is 48.6 Å². The molecule has 0 aromatic heterocycles. The largest absolute Gasteiger partial charge is 0.481 e. The Morgan fingerprint density at radius 1 is 0.957 bits per heavy atom. The lowest BCUT2D eigenvalue weighted by molar-refractivity contribution is -0.137. The zero-order valence-corrected chi connectivity index (χ0v) is 14.4. The van der Waals surface area contributed by atoms with Crippen LogP contribution in [0.25, 0.3) is 0 Å². The number of rotatable bonds is 14. The summed E-state index contributed by atoms with van der Waals surface area (Å²) in [7, 11) is 0. The van der Waals surface area contributed by atoms with E-state index in [0.717, 1.165) is 12.8 Å². The number of hydrogen-bond donors (Lipinski definition) is 2. The number of unbranched alkanes of at least 4 members (excludes halogenated alkanes) is 3. The molecule has 130 valence electrons. The van der Waals surface area contributed by atoms with Crippen molar-refractivity contribution < 1.29 is 15.0 Å². The third-order valence-corrected chi connectivity index (χ3v) is 3.32. The van der Waals surface area contributed by atoms with E-state index in [2.05, 4.69) is 31.2 Å². The molecule has 0 spiro atoms. The first-order valence-corrected chi connectivity index (χ1v) is 8.70. The smallest absolute Gasteiger partial charge is 0.303 e. The summed E-state index contributed by atoms with van der Waals surface area (Å²) in [5.74, 6) is -0.816. The molecule has 0 aliphatic heterocycles. The van der Waals surface area contributed by atoms with Crippen molar-refractivity contribution in [1.29, 1.82) is 0 Å². The van der Waals surface area contributed by atoms with Crippen molar-refractivity contribution in [2.24, 2.45) is 0 Å². The van der Waals surface area contributed by atoms with Gasteiger partial charge in [0.1, 0.15) is 0 Å². The first-order valence-electron chi connectivity index (χ1n) is 8.70. The van der Waals surface area contributed by atoms with Crippen LogP contribution >= 0.6 is 0 Å². The van der Waals surface area contributed by atoms with Gasteiger partial charge in [0.25, 0.3) is 0 Å². The topological polar surface area (TPSA) is 57.5 Å². The van der Waals surface area contributed by atoms with Gasteiger partial charge in [-0.1, -0.05) is 68.4 Å². The van der Waals surface area contributed by atoms with Crippen molar-refractivity contribution in [3.8, 4) is 0 Å².